The Balaban J connectivity index is 2.06. The number of nitrogens with zero attached hydrogens (tertiary/aromatic N) is 5. The largest absolute Gasteiger partial charge is 0.368 e. The first-order valence-electron chi connectivity index (χ1n) is 7.56. The number of nitrogen functional groups attached to an aromatic ring is 1. The van der Waals surface area contributed by atoms with Crippen LogP contribution in [0.1, 0.15) is 31.6 Å². The molecule has 0 aromatic carbocycles. The molecule has 1 fully saturated rings. The summed E-state index contributed by atoms with van der Waals surface area (Å²) in [6, 6.07) is 0.0506. The highest BCUT2D eigenvalue weighted by molar-refractivity contribution is 5.78. The van der Waals surface area contributed by atoms with E-state index in [1.165, 1.54) is 0 Å². The van der Waals surface area contributed by atoms with Gasteiger partial charge in [0.15, 0.2) is 5.82 Å². The summed E-state index contributed by atoms with van der Waals surface area (Å²) in [5.74, 6) is 1.71. The van der Waals surface area contributed by atoms with Gasteiger partial charge in [-0.1, -0.05) is 0 Å². The Bertz CT molecular complexity index is 526. The molecule has 0 aliphatic carbocycles. The van der Waals surface area contributed by atoms with Gasteiger partial charge in [0.1, 0.15) is 0 Å². The third-order valence-corrected chi connectivity index (χ3v) is 4.13. The topological polar surface area (TPSA) is 100 Å². The van der Waals surface area contributed by atoms with E-state index in [9.17, 15) is 4.79 Å². The molecule has 0 unspecified atom stereocenters. The zero-order chi connectivity index (χ0) is 16.3. The van der Waals surface area contributed by atoms with Crippen LogP contribution in [0.4, 0.5) is 11.9 Å². The van der Waals surface area contributed by atoms with Crippen molar-refractivity contribution in [2.24, 2.45) is 5.92 Å². The van der Waals surface area contributed by atoms with E-state index in [1.807, 2.05) is 19.0 Å². The van der Waals surface area contributed by atoms with Crippen LogP contribution in [0.25, 0.3) is 0 Å². The number of nitrogens with two attached hydrogens (primary N) is 1. The van der Waals surface area contributed by atoms with Crippen LogP contribution in [0.3, 0.4) is 0 Å². The Kier molecular flexibility index (Phi) is 5.12. The fourth-order valence-corrected chi connectivity index (χ4v) is 2.70. The lowest BCUT2D eigenvalue weighted by Gasteiger charge is -2.34. The van der Waals surface area contributed by atoms with Gasteiger partial charge in [-0.25, -0.2) is 0 Å². The third kappa shape index (κ3) is 3.62. The molecule has 1 aromatic rings. The molecule has 1 atom stereocenters. The Morgan fingerprint density at radius 1 is 1.32 bits per heavy atom. The van der Waals surface area contributed by atoms with Gasteiger partial charge in [-0.05, 0) is 32.9 Å². The first-order valence-corrected chi connectivity index (χ1v) is 7.56. The zero-order valence-electron chi connectivity index (χ0n) is 13.7. The Labute approximate surface area is 131 Å². The molecular weight excluding hydrogens is 282 g/mol. The summed E-state index contributed by atoms with van der Waals surface area (Å²) in [7, 11) is 5.43. The highest BCUT2D eigenvalue weighted by Crippen LogP contribution is 2.25. The molecule has 8 heteroatoms. The second-order valence-electron chi connectivity index (χ2n) is 5.85. The molecule has 1 aromatic heterocycles. The highest BCUT2D eigenvalue weighted by atomic mass is 16.1. The molecule has 3 N–H and O–H groups in total. The molecule has 2 heterocycles. The van der Waals surface area contributed by atoms with E-state index in [0.29, 0.717) is 11.8 Å². The summed E-state index contributed by atoms with van der Waals surface area (Å²) >= 11 is 0. The number of hydrogen-bond donors (Lipinski definition) is 2. The van der Waals surface area contributed by atoms with Crippen molar-refractivity contribution in [1.82, 2.24) is 25.2 Å². The Morgan fingerprint density at radius 2 is 1.95 bits per heavy atom. The van der Waals surface area contributed by atoms with Gasteiger partial charge in [0.2, 0.25) is 17.8 Å². The average molecular weight is 307 g/mol. The summed E-state index contributed by atoms with van der Waals surface area (Å²) in [6.45, 7) is 3.76. The van der Waals surface area contributed by atoms with E-state index in [1.54, 1.807) is 7.05 Å². The van der Waals surface area contributed by atoms with E-state index in [2.05, 4.69) is 32.1 Å². The van der Waals surface area contributed by atoms with Gasteiger partial charge in [-0.3, -0.25) is 9.69 Å². The summed E-state index contributed by atoms with van der Waals surface area (Å²) in [5, 5.41) is 2.73. The van der Waals surface area contributed by atoms with Crippen molar-refractivity contribution in [2.45, 2.75) is 25.8 Å². The molecular formula is C14H25N7O. The van der Waals surface area contributed by atoms with Gasteiger partial charge < -0.3 is 16.0 Å². The molecule has 1 aliphatic heterocycles. The number of carbonyl (C=O) groups excluding carboxylic acids is 1. The fourth-order valence-electron chi connectivity index (χ4n) is 2.70. The molecule has 122 valence electrons. The minimum absolute atomic E-state index is 0.0506. The number of nitrogens with one attached hydrogen (secondary N) is 1. The first kappa shape index (κ1) is 16.4. The SMILES string of the molecule is CNC(=O)C1CCN([C@H](C)c2nc(N)nc(N(C)C)n2)CC1. The molecule has 8 nitrogen and oxygen atoms in total. The molecule has 0 radical (unpaired) electrons. The van der Waals surface area contributed by atoms with Crippen molar-refractivity contribution in [3.63, 3.8) is 0 Å². The van der Waals surface area contributed by atoms with E-state index in [0.717, 1.165) is 25.9 Å². The van der Waals surface area contributed by atoms with Crippen molar-refractivity contribution in [3.05, 3.63) is 5.82 Å². The van der Waals surface area contributed by atoms with Gasteiger partial charge in [0.05, 0.1) is 6.04 Å². The van der Waals surface area contributed by atoms with Gasteiger partial charge >= 0.3 is 0 Å². The maximum Gasteiger partial charge on any atom is 0.229 e. The quantitative estimate of drug-likeness (QED) is 0.810. The molecule has 2 rings (SSSR count). The average Bonchev–Trinajstić information content (AvgIpc) is 2.53. The molecule has 22 heavy (non-hydrogen) atoms. The number of likely N-dealkylation sites (tertiary alicyclic amines) is 1. The number of rotatable bonds is 4. The minimum Gasteiger partial charge on any atom is -0.368 e. The van der Waals surface area contributed by atoms with Crippen LogP contribution in [0.15, 0.2) is 0 Å². The van der Waals surface area contributed by atoms with Crippen LogP contribution >= 0.6 is 0 Å². The minimum atomic E-state index is 0.0506. The summed E-state index contributed by atoms with van der Waals surface area (Å²) in [4.78, 5) is 28.7. The highest BCUT2D eigenvalue weighted by Gasteiger charge is 2.28. The summed E-state index contributed by atoms with van der Waals surface area (Å²) < 4.78 is 0. The van der Waals surface area contributed by atoms with Gasteiger partial charge in [-0.2, -0.15) is 15.0 Å². The molecule has 0 spiro atoms. The van der Waals surface area contributed by atoms with Crippen LogP contribution in [0, 0.1) is 5.92 Å². The number of hydrogen-bond acceptors (Lipinski definition) is 7. The fraction of sp³-hybridized carbons (Fsp3) is 0.714. The lowest BCUT2D eigenvalue weighted by Crippen LogP contribution is -2.41. The van der Waals surface area contributed by atoms with E-state index >= 15 is 0 Å². The van der Waals surface area contributed by atoms with Crippen molar-refractivity contribution in [3.8, 4) is 0 Å². The maximum absolute atomic E-state index is 11.7. The van der Waals surface area contributed by atoms with Gasteiger partial charge in [0.25, 0.3) is 0 Å². The second kappa shape index (κ2) is 6.87. The molecule has 0 bridgehead atoms. The van der Waals surface area contributed by atoms with Gasteiger partial charge in [-0.15, -0.1) is 0 Å². The van der Waals surface area contributed by atoms with E-state index in [-0.39, 0.29) is 23.8 Å². The smallest absolute Gasteiger partial charge is 0.229 e. The van der Waals surface area contributed by atoms with Crippen LogP contribution < -0.4 is 16.0 Å². The van der Waals surface area contributed by atoms with Crippen LogP contribution in [0.5, 0.6) is 0 Å². The zero-order valence-corrected chi connectivity index (χ0v) is 13.7. The van der Waals surface area contributed by atoms with E-state index < -0.39 is 0 Å². The predicted octanol–water partition coefficient (Wildman–Crippen LogP) is 0.0388. The molecule has 1 amide bonds. The van der Waals surface area contributed by atoms with Gasteiger partial charge in [0, 0.05) is 27.1 Å². The van der Waals surface area contributed by atoms with Crippen LogP contribution in [-0.2, 0) is 4.79 Å². The van der Waals surface area contributed by atoms with Crippen molar-refractivity contribution in [1.29, 1.82) is 0 Å². The summed E-state index contributed by atoms with van der Waals surface area (Å²) in [6.07, 6.45) is 1.70. The predicted molar refractivity (Wildman–Crippen MR) is 85.3 cm³/mol. The number of carbonyl (C=O) groups is 1. The molecule has 1 aliphatic rings. The van der Waals surface area contributed by atoms with Crippen LogP contribution in [-0.4, -0.2) is 60.0 Å². The Hall–Kier alpha value is -1.96. The van der Waals surface area contributed by atoms with Crippen LogP contribution in [0.2, 0.25) is 0 Å². The number of piperidine rings is 1. The lowest BCUT2D eigenvalue weighted by molar-refractivity contribution is -0.126. The number of amides is 1. The van der Waals surface area contributed by atoms with Crippen molar-refractivity contribution < 1.29 is 4.79 Å². The molecule has 0 saturated carbocycles. The lowest BCUT2D eigenvalue weighted by atomic mass is 9.95. The standard InChI is InChI=1S/C14H25N7O/c1-9(11-17-13(15)19-14(18-11)20(3)4)21-7-5-10(6-8-21)12(22)16-2/h9-10H,5-8H2,1-4H3,(H,16,22)(H2,15,17,18,19)/t9-/m1/s1. The monoisotopic (exact) mass is 307 g/mol. The molecule has 1 saturated heterocycles. The first-order chi connectivity index (χ1) is 10.4. The summed E-state index contributed by atoms with van der Waals surface area (Å²) in [5.41, 5.74) is 5.78. The van der Waals surface area contributed by atoms with E-state index in [4.69, 9.17) is 5.73 Å². The number of anilines is 2. The normalized spacial score (nSPS) is 18.0. The maximum atomic E-state index is 11.7. The van der Waals surface area contributed by atoms with Crippen molar-refractivity contribution >= 4 is 17.8 Å². The second-order valence-corrected chi connectivity index (χ2v) is 5.85. The third-order valence-electron chi connectivity index (χ3n) is 4.13. The number of aromatic nitrogens is 3. The Morgan fingerprint density at radius 3 is 2.50 bits per heavy atom. The van der Waals surface area contributed by atoms with Crippen molar-refractivity contribution in [2.75, 3.05) is 44.9 Å².